The molecule has 0 amide bonds. The van der Waals surface area contributed by atoms with Gasteiger partial charge in [0.05, 0.1) is 5.56 Å². The monoisotopic (exact) mass is 220 g/mol. The standard InChI is InChI=1S/C9H9F3O.C2H6/c1-6-3-2-4-7(8(6)10)9(11,12)5-13;1-2/h2-4,13H,5H2,1H3;1-2H3. The first-order valence-corrected chi connectivity index (χ1v) is 4.73. The van der Waals surface area contributed by atoms with Crippen molar-refractivity contribution >= 4 is 0 Å². The van der Waals surface area contributed by atoms with Gasteiger partial charge in [0.1, 0.15) is 12.4 Å². The second-order valence-electron chi connectivity index (χ2n) is 2.80. The summed E-state index contributed by atoms with van der Waals surface area (Å²) >= 11 is 0. The van der Waals surface area contributed by atoms with Crippen LogP contribution in [0.25, 0.3) is 0 Å². The van der Waals surface area contributed by atoms with E-state index in [-0.39, 0.29) is 5.56 Å². The molecule has 0 saturated carbocycles. The van der Waals surface area contributed by atoms with Gasteiger partial charge in [-0.15, -0.1) is 0 Å². The first-order chi connectivity index (χ1) is 6.99. The van der Waals surface area contributed by atoms with E-state index >= 15 is 0 Å². The minimum Gasteiger partial charge on any atom is -0.390 e. The Morgan fingerprint density at radius 2 is 1.80 bits per heavy atom. The minimum absolute atomic E-state index is 0.144. The number of hydrogen-bond acceptors (Lipinski definition) is 1. The van der Waals surface area contributed by atoms with Crippen molar-refractivity contribution in [1.82, 2.24) is 0 Å². The van der Waals surface area contributed by atoms with Crippen molar-refractivity contribution in [2.24, 2.45) is 0 Å². The number of benzene rings is 1. The molecule has 1 rings (SSSR count). The zero-order valence-electron chi connectivity index (χ0n) is 9.02. The van der Waals surface area contributed by atoms with E-state index in [9.17, 15) is 13.2 Å². The molecule has 0 aliphatic heterocycles. The van der Waals surface area contributed by atoms with Gasteiger partial charge >= 0.3 is 0 Å². The van der Waals surface area contributed by atoms with Crippen LogP contribution in [0.2, 0.25) is 0 Å². The number of aryl methyl sites for hydroxylation is 1. The van der Waals surface area contributed by atoms with Crippen LogP contribution in [0.1, 0.15) is 25.0 Å². The van der Waals surface area contributed by atoms with Crippen molar-refractivity contribution in [2.75, 3.05) is 6.61 Å². The van der Waals surface area contributed by atoms with Gasteiger partial charge in [0.15, 0.2) is 0 Å². The average Bonchev–Trinajstić information content (AvgIpc) is 2.25. The van der Waals surface area contributed by atoms with E-state index in [1.165, 1.54) is 19.1 Å². The van der Waals surface area contributed by atoms with Crippen molar-refractivity contribution < 1.29 is 18.3 Å². The summed E-state index contributed by atoms with van der Waals surface area (Å²) < 4.78 is 38.8. The number of aliphatic hydroxyl groups excluding tert-OH is 1. The second-order valence-corrected chi connectivity index (χ2v) is 2.80. The molecule has 1 aromatic carbocycles. The highest BCUT2D eigenvalue weighted by molar-refractivity contribution is 5.28. The third-order valence-corrected chi connectivity index (χ3v) is 1.78. The first-order valence-electron chi connectivity index (χ1n) is 4.73. The van der Waals surface area contributed by atoms with Gasteiger partial charge in [0.2, 0.25) is 0 Å². The molecule has 1 nitrogen and oxygen atoms in total. The second kappa shape index (κ2) is 5.75. The molecule has 0 bridgehead atoms. The van der Waals surface area contributed by atoms with Gasteiger partial charge in [0.25, 0.3) is 5.92 Å². The Bertz CT molecular complexity index is 311. The Hall–Kier alpha value is -1.03. The van der Waals surface area contributed by atoms with Crippen LogP contribution in [0.15, 0.2) is 18.2 Å². The first kappa shape index (κ1) is 14.0. The van der Waals surface area contributed by atoms with Crippen LogP contribution in [0.4, 0.5) is 13.2 Å². The molecule has 0 aliphatic carbocycles. The van der Waals surface area contributed by atoms with E-state index in [1.54, 1.807) is 0 Å². The molecule has 15 heavy (non-hydrogen) atoms. The van der Waals surface area contributed by atoms with Gasteiger partial charge in [-0.3, -0.25) is 0 Å². The van der Waals surface area contributed by atoms with Crippen molar-refractivity contribution in [1.29, 1.82) is 0 Å². The number of alkyl halides is 2. The van der Waals surface area contributed by atoms with Crippen LogP contribution in [0.5, 0.6) is 0 Å². The molecule has 0 aromatic heterocycles. The molecular weight excluding hydrogens is 205 g/mol. The Balaban J connectivity index is 0.000000921. The smallest absolute Gasteiger partial charge is 0.298 e. The normalized spacial score (nSPS) is 10.6. The van der Waals surface area contributed by atoms with Crippen molar-refractivity contribution in [3.8, 4) is 0 Å². The van der Waals surface area contributed by atoms with E-state index in [1.807, 2.05) is 13.8 Å². The molecule has 0 saturated heterocycles. The molecule has 0 aliphatic rings. The lowest BCUT2D eigenvalue weighted by Crippen LogP contribution is -2.20. The molecule has 0 spiro atoms. The Morgan fingerprint density at radius 3 is 2.27 bits per heavy atom. The molecule has 0 heterocycles. The zero-order valence-corrected chi connectivity index (χ0v) is 9.02. The summed E-state index contributed by atoms with van der Waals surface area (Å²) in [4.78, 5) is 0. The molecule has 0 fully saturated rings. The van der Waals surface area contributed by atoms with Gasteiger partial charge < -0.3 is 5.11 Å². The van der Waals surface area contributed by atoms with Crippen LogP contribution >= 0.6 is 0 Å². The molecule has 0 atom stereocenters. The Morgan fingerprint density at radius 1 is 1.27 bits per heavy atom. The Kier molecular flexibility index (Phi) is 5.36. The third-order valence-electron chi connectivity index (χ3n) is 1.78. The van der Waals surface area contributed by atoms with Crippen molar-refractivity contribution in [3.05, 3.63) is 35.1 Å². The Labute approximate surface area is 87.6 Å². The maximum atomic E-state index is 13.1. The predicted octanol–water partition coefficient (Wildman–Crippen LogP) is 3.24. The summed E-state index contributed by atoms with van der Waals surface area (Å²) in [6.45, 7) is 4.01. The lowest BCUT2D eigenvalue weighted by Gasteiger charge is -2.14. The highest BCUT2D eigenvalue weighted by Gasteiger charge is 2.33. The fraction of sp³-hybridized carbons (Fsp3) is 0.455. The maximum Gasteiger partial charge on any atom is 0.298 e. The number of rotatable bonds is 2. The van der Waals surface area contributed by atoms with E-state index in [0.29, 0.717) is 0 Å². The number of hydrogen-bond donors (Lipinski definition) is 1. The molecule has 0 radical (unpaired) electrons. The third kappa shape index (κ3) is 3.23. The van der Waals surface area contributed by atoms with Crippen molar-refractivity contribution in [3.63, 3.8) is 0 Å². The lowest BCUT2D eigenvalue weighted by atomic mass is 10.1. The molecule has 1 N–H and O–H groups in total. The van der Waals surface area contributed by atoms with Crippen LogP contribution in [0, 0.1) is 12.7 Å². The van der Waals surface area contributed by atoms with Crippen LogP contribution in [-0.4, -0.2) is 11.7 Å². The maximum absolute atomic E-state index is 13.1. The SMILES string of the molecule is CC.Cc1cccc(C(F)(F)CO)c1F. The summed E-state index contributed by atoms with van der Waals surface area (Å²) in [5, 5.41) is 8.35. The molecule has 4 heteroatoms. The lowest BCUT2D eigenvalue weighted by molar-refractivity contribution is -0.0583. The topological polar surface area (TPSA) is 20.2 Å². The van der Waals surface area contributed by atoms with E-state index in [0.717, 1.165) is 6.07 Å². The molecule has 0 unspecified atom stereocenters. The summed E-state index contributed by atoms with van der Waals surface area (Å²) in [7, 11) is 0. The minimum atomic E-state index is -3.50. The quantitative estimate of drug-likeness (QED) is 0.811. The van der Waals surface area contributed by atoms with Gasteiger partial charge in [-0.05, 0) is 18.6 Å². The van der Waals surface area contributed by atoms with E-state index < -0.39 is 23.9 Å². The average molecular weight is 220 g/mol. The van der Waals surface area contributed by atoms with Gasteiger partial charge in [-0.1, -0.05) is 26.0 Å². The number of halogens is 3. The van der Waals surface area contributed by atoms with Crippen LogP contribution in [0.3, 0.4) is 0 Å². The summed E-state index contributed by atoms with van der Waals surface area (Å²) in [6, 6.07) is 3.70. The van der Waals surface area contributed by atoms with Gasteiger partial charge in [-0.2, -0.15) is 8.78 Å². The highest BCUT2D eigenvalue weighted by Crippen LogP contribution is 2.30. The molecule has 86 valence electrons. The fourth-order valence-electron chi connectivity index (χ4n) is 1.02. The van der Waals surface area contributed by atoms with Crippen LogP contribution in [-0.2, 0) is 5.92 Å². The molecule has 1 aromatic rings. The van der Waals surface area contributed by atoms with Gasteiger partial charge in [-0.25, -0.2) is 4.39 Å². The zero-order chi connectivity index (χ0) is 12.1. The van der Waals surface area contributed by atoms with E-state index in [2.05, 4.69) is 0 Å². The summed E-state index contributed by atoms with van der Waals surface area (Å²) in [5.74, 6) is -4.46. The summed E-state index contributed by atoms with van der Waals surface area (Å²) in [6.07, 6.45) is 0. The highest BCUT2D eigenvalue weighted by atomic mass is 19.3. The molecular formula is C11H15F3O. The van der Waals surface area contributed by atoms with Gasteiger partial charge in [0, 0.05) is 0 Å². The van der Waals surface area contributed by atoms with Crippen molar-refractivity contribution in [2.45, 2.75) is 26.7 Å². The van der Waals surface area contributed by atoms with E-state index in [4.69, 9.17) is 5.11 Å². The fourth-order valence-corrected chi connectivity index (χ4v) is 1.02. The summed E-state index contributed by atoms with van der Waals surface area (Å²) in [5.41, 5.74) is -0.611. The number of aliphatic hydroxyl groups is 1. The van der Waals surface area contributed by atoms with Crippen LogP contribution < -0.4 is 0 Å². The largest absolute Gasteiger partial charge is 0.390 e. The predicted molar refractivity (Wildman–Crippen MR) is 53.5 cm³/mol.